The minimum Gasteiger partial charge on any atom is -0.391 e. The van der Waals surface area contributed by atoms with Gasteiger partial charge in [-0.1, -0.05) is 0 Å². The summed E-state index contributed by atoms with van der Waals surface area (Å²) < 4.78 is 0. The van der Waals surface area contributed by atoms with E-state index in [2.05, 4.69) is 32.6 Å². The van der Waals surface area contributed by atoms with Crippen molar-refractivity contribution >= 4 is 17.2 Å². The van der Waals surface area contributed by atoms with Gasteiger partial charge in [0.15, 0.2) is 5.82 Å². The van der Waals surface area contributed by atoms with E-state index in [0.717, 1.165) is 36.6 Å². The van der Waals surface area contributed by atoms with Crippen molar-refractivity contribution in [2.75, 3.05) is 18.0 Å². The lowest BCUT2D eigenvalue weighted by molar-refractivity contribution is 0.154. The molecule has 1 aliphatic heterocycles. The molecule has 0 unspecified atom stereocenters. The van der Waals surface area contributed by atoms with E-state index in [-0.39, 0.29) is 6.10 Å². The molecule has 1 saturated heterocycles. The molecular weight excluding hydrogens is 258 g/mol. The summed E-state index contributed by atoms with van der Waals surface area (Å²) in [6.07, 6.45) is 3.46. The van der Waals surface area contributed by atoms with Gasteiger partial charge in [-0.3, -0.25) is 0 Å². The SMILES string of the molecule is Cc1cscc1-c1nccc(N2CCC[C@@H](O)C2)n1. The van der Waals surface area contributed by atoms with Crippen LogP contribution in [0.1, 0.15) is 18.4 Å². The third-order valence-corrected chi connectivity index (χ3v) is 4.32. The number of aromatic nitrogens is 2. The number of piperidine rings is 1. The van der Waals surface area contributed by atoms with Gasteiger partial charge in [0, 0.05) is 30.2 Å². The van der Waals surface area contributed by atoms with Gasteiger partial charge in [0.25, 0.3) is 0 Å². The van der Waals surface area contributed by atoms with Gasteiger partial charge in [-0.15, -0.1) is 0 Å². The zero-order valence-electron chi connectivity index (χ0n) is 10.9. The number of β-amino-alcohol motifs (C(OH)–C–C–N with tert-alkyl or cyclic N) is 1. The summed E-state index contributed by atoms with van der Waals surface area (Å²) >= 11 is 1.67. The lowest BCUT2D eigenvalue weighted by Crippen LogP contribution is -2.38. The summed E-state index contributed by atoms with van der Waals surface area (Å²) in [5, 5.41) is 13.9. The Hall–Kier alpha value is -1.46. The topological polar surface area (TPSA) is 49.2 Å². The molecule has 1 aliphatic rings. The van der Waals surface area contributed by atoms with Gasteiger partial charge in [0.1, 0.15) is 5.82 Å². The van der Waals surface area contributed by atoms with Crippen LogP contribution < -0.4 is 4.90 Å². The highest BCUT2D eigenvalue weighted by Gasteiger charge is 2.19. The maximum atomic E-state index is 9.75. The second-order valence-electron chi connectivity index (χ2n) is 4.95. The summed E-state index contributed by atoms with van der Waals surface area (Å²) in [7, 11) is 0. The first-order chi connectivity index (χ1) is 9.24. The van der Waals surface area contributed by atoms with Crippen LogP contribution in [0.4, 0.5) is 5.82 Å². The summed E-state index contributed by atoms with van der Waals surface area (Å²) in [6, 6.07) is 1.92. The number of anilines is 1. The van der Waals surface area contributed by atoms with Crippen LogP contribution in [0.2, 0.25) is 0 Å². The van der Waals surface area contributed by atoms with E-state index in [4.69, 9.17) is 0 Å². The predicted octanol–water partition coefficient (Wildman–Crippen LogP) is 2.47. The lowest BCUT2D eigenvalue weighted by atomic mass is 10.1. The van der Waals surface area contributed by atoms with E-state index in [1.807, 2.05) is 6.07 Å². The van der Waals surface area contributed by atoms with Gasteiger partial charge in [-0.2, -0.15) is 11.3 Å². The standard InChI is InChI=1S/C14H17N3OS/c1-10-8-19-9-12(10)14-15-5-4-13(16-14)17-6-2-3-11(18)7-17/h4-5,8-9,11,18H,2-3,6-7H2,1H3/t11-/m1/s1. The fraction of sp³-hybridized carbons (Fsp3) is 0.429. The number of aliphatic hydroxyl groups excluding tert-OH is 1. The highest BCUT2D eigenvalue weighted by atomic mass is 32.1. The molecule has 5 heteroatoms. The number of hydrogen-bond donors (Lipinski definition) is 1. The van der Waals surface area contributed by atoms with Crippen molar-refractivity contribution in [1.29, 1.82) is 0 Å². The highest BCUT2D eigenvalue weighted by molar-refractivity contribution is 7.08. The number of aryl methyl sites for hydroxylation is 1. The molecule has 100 valence electrons. The van der Waals surface area contributed by atoms with E-state index in [9.17, 15) is 5.11 Å². The second-order valence-corrected chi connectivity index (χ2v) is 5.69. The van der Waals surface area contributed by atoms with Crippen molar-refractivity contribution in [1.82, 2.24) is 9.97 Å². The van der Waals surface area contributed by atoms with Crippen LogP contribution in [0.25, 0.3) is 11.4 Å². The molecule has 0 aromatic carbocycles. The van der Waals surface area contributed by atoms with Gasteiger partial charge in [0.2, 0.25) is 0 Å². The molecule has 4 nitrogen and oxygen atoms in total. The molecule has 0 amide bonds. The minimum atomic E-state index is -0.241. The second kappa shape index (κ2) is 5.27. The Morgan fingerprint density at radius 1 is 1.42 bits per heavy atom. The largest absolute Gasteiger partial charge is 0.391 e. The average molecular weight is 275 g/mol. The first-order valence-electron chi connectivity index (χ1n) is 6.53. The van der Waals surface area contributed by atoms with Crippen molar-refractivity contribution in [3.8, 4) is 11.4 Å². The Bertz CT molecular complexity index is 569. The molecule has 0 bridgehead atoms. The number of aliphatic hydroxyl groups is 1. The molecule has 1 fully saturated rings. The molecule has 3 rings (SSSR count). The smallest absolute Gasteiger partial charge is 0.162 e. The summed E-state index contributed by atoms with van der Waals surface area (Å²) in [4.78, 5) is 11.1. The van der Waals surface area contributed by atoms with Crippen molar-refractivity contribution in [3.05, 3.63) is 28.6 Å². The van der Waals surface area contributed by atoms with Crippen LogP contribution in [0.3, 0.4) is 0 Å². The monoisotopic (exact) mass is 275 g/mol. The highest BCUT2D eigenvalue weighted by Crippen LogP contribution is 2.26. The fourth-order valence-electron chi connectivity index (χ4n) is 2.41. The first kappa shape index (κ1) is 12.6. The van der Waals surface area contributed by atoms with Gasteiger partial charge in [-0.05, 0) is 36.8 Å². The Kier molecular flexibility index (Phi) is 3.48. The van der Waals surface area contributed by atoms with E-state index in [0.29, 0.717) is 6.54 Å². The normalized spacial score (nSPS) is 19.7. The van der Waals surface area contributed by atoms with Crippen LogP contribution in [0, 0.1) is 6.92 Å². The predicted molar refractivity (Wildman–Crippen MR) is 77.5 cm³/mol. The number of hydrogen-bond acceptors (Lipinski definition) is 5. The molecule has 0 saturated carbocycles. The quantitative estimate of drug-likeness (QED) is 0.914. The molecule has 3 heterocycles. The average Bonchev–Trinajstić information content (AvgIpc) is 2.85. The van der Waals surface area contributed by atoms with Crippen molar-refractivity contribution in [2.24, 2.45) is 0 Å². The van der Waals surface area contributed by atoms with E-state index in [1.165, 1.54) is 5.56 Å². The number of nitrogens with zero attached hydrogens (tertiary/aromatic N) is 3. The molecule has 2 aromatic heterocycles. The lowest BCUT2D eigenvalue weighted by Gasteiger charge is -2.31. The van der Waals surface area contributed by atoms with Crippen LogP contribution in [-0.2, 0) is 0 Å². The van der Waals surface area contributed by atoms with Crippen LogP contribution in [-0.4, -0.2) is 34.3 Å². The summed E-state index contributed by atoms with van der Waals surface area (Å²) in [5.74, 6) is 1.69. The summed E-state index contributed by atoms with van der Waals surface area (Å²) in [6.45, 7) is 3.70. The molecular formula is C14H17N3OS. The molecule has 0 radical (unpaired) electrons. The molecule has 2 aromatic rings. The molecule has 19 heavy (non-hydrogen) atoms. The molecule has 0 spiro atoms. The van der Waals surface area contributed by atoms with Crippen LogP contribution in [0.15, 0.2) is 23.0 Å². The van der Waals surface area contributed by atoms with Crippen LogP contribution >= 0.6 is 11.3 Å². The maximum Gasteiger partial charge on any atom is 0.162 e. The van der Waals surface area contributed by atoms with Gasteiger partial charge >= 0.3 is 0 Å². The first-order valence-corrected chi connectivity index (χ1v) is 7.47. The van der Waals surface area contributed by atoms with E-state index in [1.54, 1.807) is 17.5 Å². The fourth-order valence-corrected chi connectivity index (χ4v) is 3.23. The third-order valence-electron chi connectivity index (χ3n) is 3.46. The van der Waals surface area contributed by atoms with Crippen molar-refractivity contribution < 1.29 is 5.11 Å². The number of rotatable bonds is 2. The Balaban J connectivity index is 1.90. The molecule has 1 atom stereocenters. The Morgan fingerprint density at radius 2 is 2.32 bits per heavy atom. The van der Waals surface area contributed by atoms with Crippen molar-refractivity contribution in [2.45, 2.75) is 25.9 Å². The molecule has 0 aliphatic carbocycles. The third kappa shape index (κ3) is 2.62. The Labute approximate surface area is 116 Å². The van der Waals surface area contributed by atoms with Gasteiger partial charge in [-0.25, -0.2) is 9.97 Å². The van der Waals surface area contributed by atoms with Gasteiger partial charge < -0.3 is 10.0 Å². The zero-order chi connectivity index (χ0) is 13.2. The van der Waals surface area contributed by atoms with Crippen molar-refractivity contribution in [3.63, 3.8) is 0 Å². The number of thiophene rings is 1. The van der Waals surface area contributed by atoms with E-state index < -0.39 is 0 Å². The maximum absolute atomic E-state index is 9.75. The molecule has 1 N–H and O–H groups in total. The Morgan fingerprint density at radius 3 is 3.05 bits per heavy atom. The van der Waals surface area contributed by atoms with Crippen LogP contribution in [0.5, 0.6) is 0 Å². The zero-order valence-corrected chi connectivity index (χ0v) is 11.7. The van der Waals surface area contributed by atoms with Gasteiger partial charge in [0.05, 0.1) is 6.10 Å². The van der Waals surface area contributed by atoms with E-state index >= 15 is 0 Å². The minimum absolute atomic E-state index is 0.241. The summed E-state index contributed by atoms with van der Waals surface area (Å²) in [5.41, 5.74) is 2.31.